The number of hydrogen-bond acceptors (Lipinski definition) is 5. The Morgan fingerprint density at radius 3 is 2.71 bits per heavy atom. The van der Waals surface area contributed by atoms with Crippen molar-refractivity contribution in [2.24, 2.45) is 0 Å². The van der Waals surface area contributed by atoms with E-state index in [1.54, 1.807) is 12.1 Å². The highest BCUT2D eigenvalue weighted by Gasteiger charge is 2.12. The van der Waals surface area contributed by atoms with Crippen LogP contribution in [0.1, 0.15) is 24.2 Å². The predicted octanol–water partition coefficient (Wildman–Crippen LogP) is 3.14. The molecule has 0 saturated carbocycles. The van der Waals surface area contributed by atoms with Gasteiger partial charge in [-0.05, 0) is 31.5 Å². The molecule has 2 rings (SSSR count). The van der Waals surface area contributed by atoms with E-state index in [4.69, 9.17) is 5.73 Å². The van der Waals surface area contributed by atoms with E-state index < -0.39 is 0 Å². The van der Waals surface area contributed by atoms with Gasteiger partial charge in [-0.1, -0.05) is 23.5 Å². The number of nitrogens with one attached hydrogen (secondary N) is 1. The Hall–Kier alpha value is -1.60. The number of rotatable bonds is 5. The molecule has 1 amide bonds. The molecule has 0 aliphatic heterocycles. The van der Waals surface area contributed by atoms with Gasteiger partial charge in [0.25, 0.3) is 0 Å². The first-order valence-corrected chi connectivity index (χ1v) is 8.16. The maximum Gasteiger partial charge on any atom is 0.230 e. The number of hydrogen-bond donors (Lipinski definition) is 2. The highest BCUT2D eigenvalue weighted by Crippen LogP contribution is 2.30. The third-order valence-corrected chi connectivity index (χ3v) is 5.20. The lowest BCUT2D eigenvalue weighted by Crippen LogP contribution is -2.28. The molecule has 0 fully saturated rings. The number of carbonyl (C=O) groups is 1. The van der Waals surface area contributed by atoms with Crippen LogP contribution in [0.25, 0.3) is 0 Å². The number of aryl methyl sites for hydroxylation is 1. The molecule has 0 spiro atoms. The van der Waals surface area contributed by atoms with Gasteiger partial charge in [0.2, 0.25) is 5.91 Å². The molecule has 4 nitrogen and oxygen atoms in total. The molecule has 1 aromatic heterocycles. The number of thiazole rings is 1. The van der Waals surface area contributed by atoms with Crippen LogP contribution in [-0.4, -0.2) is 16.6 Å². The Labute approximate surface area is 131 Å². The molecule has 0 saturated heterocycles. The summed E-state index contributed by atoms with van der Waals surface area (Å²) in [5, 5.41) is 3.39. The van der Waals surface area contributed by atoms with E-state index in [-0.39, 0.29) is 17.8 Å². The second-order valence-electron chi connectivity index (χ2n) is 4.55. The second kappa shape index (κ2) is 6.91. The fourth-order valence-electron chi connectivity index (χ4n) is 1.79. The third kappa shape index (κ3) is 4.44. The fourth-order valence-corrected chi connectivity index (χ4v) is 3.62. The van der Waals surface area contributed by atoms with E-state index in [2.05, 4.69) is 10.3 Å². The first kappa shape index (κ1) is 15.8. The highest BCUT2D eigenvalue weighted by molar-refractivity contribution is 8.01. The molecule has 3 N–H and O–H groups in total. The van der Waals surface area contributed by atoms with Crippen molar-refractivity contribution < 1.29 is 9.18 Å². The average molecular weight is 325 g/mol. The molecule has 0 bridgehead atoms. The quantitative estimate of drug-likeness (QED) is 0.829. The van der Waals surface area contributed by atoms with Crippen LogP contribution in [0.3, 0.4) is 0 Å². The summed E-state index contributed by atoms with van der Waals surface area (Å²) < 4.78 is 13.8. The van der Waals surface area contributed by atoms with Crippen molar-refractivity contribution in [3.8, 4) is 0 Å². The van der Waals surface area contributed by atoms with Gasteiger partial charge in [0.15, 0.2) is 5.13 Å². The van der Waals surface area contributed by atoms with Gasteiger partial charge in [-0.2, -0.15) is 0 Å². The van der Waals surface area contributed by atoms with Crippen molar-refractivity contribution in [3.05, 3.63) is 41.3 Å². The van der Waals surface area contributed by atoms with Crippen molar-refractivity contribution in [2.45, 2.75) is 24.1 Å². The summed E-state index contributed by atoms with van der Waals surface area (Å²) in [7, 11) is 0. The number of carbonyl (C=O) groups excluding carboxylic acids is 1. The molecule has 112 valence electrons. The molecule has 0 radical (unpaired) electrons. The maximum atomic E-state index is 12.9. The minimum absolute atomic E-state index is 0.0804. The van der Waals surface area contributed by atoms with Crippen LogP contribution >= 0.6 is 23.1 Å². The Morgan fingerprint density at radius 2 is 2.14 bits per heavy atom. The molecule has 21 heavy (non-hydrogen) atoms. The SMILES string of the molecule is Cc1nc(N)sc1SCC(=O)NC(C)c1ccc(F)cc1. The van der Waals surface area contributed by atoms with E-state index in [1.807, 2.05) is 13.8 Å². The molecule has 0 aliphatic carbocycles. The minimum Gasteiger partial charge on any atom is -0.375 e. The lowest BCUT2D eigenvalue weighted by molar-refractivity contribution is -0.119. The van der Waals surface area contributed by atoms with Gasteiger partial charge in [0, 0.05) is 0 Å². The van der Waals surface area contributed by atoms with Crippen molar-refractivity contribution in [2.75, 3.05) is 11.5 Å². The van der Waals surface area contributed by atoms with Gasteiger partial charge >= 0.3 is 0 Å². The van der Waals surface area contributed by atoms with Crippen molar-refractivity contribution in [1.29, 1.82) is 0 Å². The lowest BCUT2D eigenvalue weighted by Gasteiger charge is -2.14. The molecule has 1 atom stereocenters. The van der Waals surface area contributed by atoms with Crippen LogP contribution in [0.5, 0.6) is 0 Å². The number of nitrogens with two attached hydrogens (primary N) is 1. The third-order valence-electron chi connectivity index (χ3n) is 2.85. The molecule has 0 aliphatic rings. The number of thioether (sulfide) groups is 1. The van der Waals surface area contributed by atoms with E-state index in [9.17, 15) is 9.18 Å². The number of halogens is 1. The van der Waals surface area contributed by atoms with Crippen molar-refractivity contribution in [3.63, 3.8) is 0 Å². The number of amides is 1. The molecular weight excluding hydrogens is 309 g/mol. The summed E-state index contributed by atoms with van der Waals surface area (Å²) in [5.41, 5.74) is 7.34. The van der Waals surface area contributed by atoms with E-state index >= 15 is 0 Å². The van der Waals surface area contributed by atoms with Gasteiger partial charge in [0.05, 0.1) is 21.7 Å². The predicted molar refractivity (Wildman–Crippen MR) is 84.9 cm³/mol. The zero-order valence-corrected chi connectivity index (χ0v) is 13.4. The Morgan fingerprint density at radius 1 is 1.48 bits per heavy atom. The van der Waals surface area contributed by atoms with Gasteiger partial charge in [-0.3, -0.25) is 4.79 Å². The number of nitrogens with zero attached hydrogens (tertiary/aromatic N) is 1. The first-order valence-electron chi connectivity index (χ1n) is 6.36. The summed E-state index contributed by atoms with van der Waals surface area (Å²) in [6.45, 7) is 3.74. The normalized spacial score (nSPS) is 12.1. The van der Waals surface area contributed by atoms with Crippen LogP contribution in [-0.2, 0) is 4.79 Å². The number of benzene rings is 1. The Kier molecular flexibility index (Phi) is 5.19. The van der Waals surface area contributed by atoms with Gasteiger partial charge in [-0.15, -0.1) is 11.8 Å². The molecule has 7 heteroatoms. The van der Waals surface area contributed by atoms with Crippen molar-refractivity contribution >= 4 is 34.1 Å². The zero-order chi connectivity index (χ0) is 15.4. The number of nitrogen functional groups attached to an aromatic ring is 1. The first-order chi connectivity index (χ1) is 9.95. The second-order valence-corrected chi connectivity index (χ2v) is 6.83. The summed E-state index contributed by atoms with van der Waals surface area (Å²) in [6, 6.07) is 5.95. The average Bonchev–Trinajstić information content (AvgIpc) is 2.75. The number of aromatic nitrogens is 1. The smallest absolute Gasteiger partial charge is 0.230 e. The van der Waals surface area contributed by atoms with E-state index in [0.29, 0.717) is 10.9 Å². The van der Waals surface area contributed by atoms with Crippen LogP contribution in [0.2, 0.25) is 0 Å². The summed E-state index contributed by atoms with van der Waals surface area (Å²) in [5.74, 6) is -0.0668. The Bertz CT molecular complexity index is 628. The number of anilines is 1. The summed E-state index contributed by atoms with van der Waals surface area (Å²) in [4.78, 5) is 16.0. The molecular formula is C14H16FN3OS2. The highest BCUT2D eigenvalue weighted by atomic mass is 32.2. The Balaban J connectivity index is 1.86. The van der Waals surface area contributed by atoms with E-state index in [0.717, 1.165) is 15.5 Å². The molecule has 2 aromatic rings. The van der Waals surface area contributed by atoms with Crippen molar-refractivity contribution in [1.82, 2.24) is 10.3 Å². The molecule has 1 unspecified atom stereocenters. The molecule has 1 heterocycles. The van der Waals surface area contributed by atoms with Crippen LogP contribution in [0.15, 0.2) is 28.5 Å². The summed E-state index contributed by atoms with van der Waals surface area (Å²) in [6.07, 6.45) is 0. The van der Waals surface area contributed by atoms with Crippen LogP contribution in [0.4, 0.5) is 9.52 Å². The zero-order valence-electron chi connectivity index (χ0n) is 11.7. The van der Waals surface area contributed by atoms with Crippen LogP contribution in [0, 0.1) is 12.7 Å². The minimum atomic E-state index is -0.286. The molecule has 1 aromatic carbocycles. The standard InChI is InChI=1S/C14H16FN3OS2/c1-8(10-3-5-11(15)6-4-10)17-12(19)7-20-13-9(2)18-14(16)21-13/h3-6,8H,7H2,1-2H3,(H2,16,18)(H,17,19). The van der Waals surface area contributed by atoms with Crippen LogP contribution < -0.4 is 11.1 Å². The van der Waals surface area contributed by atoms with Gasteiger partial charge in [0.1, 0.15) is 5.82 Å². The summed E-state index contributed by atoms with van der Waals surface area (Å²) >= 11 is 2.80. The van der Waals surface area contributed by atoms with E-state index in [1.165, 1.54) is 35.2 Å². The van der Waals surface area contributed by atoms with Gasteiger partial charge in [-0.25, -0.2) is 9.37 Å². The topological polar surface area (TPSA) is 68.0 Å². The monoisotopic (exact) mass is 325 g/mol. The van der Waals surface area contributed by atoms with Gasteiger partial charge < -0.3 is 11.1 Å². The fraction of sp³-hybridized carbons (Fsp3) is 0.286. The lowest BCUT2D eigenvalue weighted by atomic mass is 10.1. The largest absolute Gasteiger partial charge is 0.375 e. The maximum absolute atomic E-state index is 12.9.